The fraction of sp³-hybridized carbons (Fsp3) is 0. The molecule has 31 heavy (non-hydrogen) atoms. The van der Waals surface area contributed by atoms with Crippen molar-refractivity contribution in [3.63, 3.8) is 0 Å². The third-order valence-corrected chi connectivity index (χ3v) is 8.78. The summed E-state index contributed by atoms with van der Waals surface area (Å²) >= 11 is 3.81. The zero-order valence-electron chi connectivity index (χ0n) is 16.3. The molecule has 0 aliphatic rings. The number of aromatic nitrogens is 2. The van der Waals surface area contributed by atoms with E-state index in [1.54, 1.807) is 0 Å². The number of imidazole rings is 1. The quantitative estimate of drug-likeness (QED) is 0.221. The lowest BCUT2D eigenvalue weighted by Crippen LogP contribution is -1.90. The number of nitrogens with zero attached hydrogens (tertiary/aromatic N) is 2. The Bertz CT molecular complexity index is 2000. The second kappa shape index (κ2) is 5.61. The van der Waals surface area contributed by atoms with Gasteiger partial charge in [0.15, 0.2) is 0 Å². The number of pyridine rings is 1. The zero-order chi connectivity index (χ0) is 20.1. The van der Waals surface area contributed by atoms with Crippen LogP contribution in [0.3, 0.4) is 0 Å². The minimum absolute atomic E-state index is 1.02. The average molecular weight is 431 g/mol. The standard InChI is InChI=1S/C27H14N2S2/c1-2-6-16-15(5-1)23-19(29-14-13-28-27(16)29)10-12-21-24(23)18-9-11-22-25(26(18)31-21)17-7-3-4-8-20(17)30-22/h1-14H. The molecule has 0 saturated heterocycles. The van der Waals surface area contributed by atoms with Gasteiger partial charge in [0.2, 0.25) is 0 Å². The highest BCUT2D eigenvalue weighted by Gasteiger charge is 2.18. The first kappa shape index (κ1) is 16.3. The molecule has 2 nitrogen and oxygen atoms in total. The maximum absolute atomic E-state index is 4.66. The molecule has 0 amide bonds. The summed E-state index contributed by atoms with van der Waals surface area (Å²) in [4.78, 5) is 4.66. The Labute approximate surface area is 184 Å². The monoisotopic (exact) mass is 430 g/mol. The van der Waals surface area contributed by atoms with Crippen LogP contribution >= 0.6 is 22.7 Å². The lowest BCUT2D eigenvalue weighted by Gasteiger charge is -2.09. The van der Waals surface area contributed by atoms with Gasteiger partial charge < -0.3 is 0 Å². The van der Waals surface area contributed by atoms with Crippen LogP contribution in [0.25, 0.3) is 67.7 Å². The fourth-order valence-corrected chi connectivity index (χ4v) is 7.64. The van der Waals surface area contributed by atoms with E-state index in [4.69, 9.17) is 0 Å². The number of thiophene rings is 2. The SMILES string of the molecule is c1ccc2c(c1)sc1ccc3c(sc4ccc5c(c6ccccc6c6nccn56)c43)c12. The van der Waals surface area contributed by atoms with E-state index in [0.29, 0.717) is 0 Å². The average Bonchev–Trinajstić information content (AvgIpc) is 3.53. The van der Waals surface area contributed by atoms with E-state index in [9.17, 15) is 0 Å². The summed E-state index contributed by atoms with van der Waals surface area (Å²) in [7, 11) is 0. The number of hydrogen-bond donors (Lipinski definition) is 0. The molecule has 8 aromatic rings. The summed E-state index contributed by atoms with van der Waals surface area (Å²) in [5.41, 5.74) is 2.24. The highest BCUT2D eigenvalue weighted by molar-refractivity contribution is 7.29. The fourth-order valence-electron chi connectivity index (χ4n) is 5.19. The third-order valence-electron chi connectivity index (χ3n) is 6.46. The van der Waals surface area contributed by atoms with Crippen LogP contribution < -0.4 is 0 Å². The van der Waals surface area contributed by atoms with Crippen molar-refractivity contribution in [1.82, 2.24) is 9.38 Å². The van der Waals surface area contributed by atoms with Gasteiger partial charge in [-0.3, -0.25) is 4.40 Å². The molecule has 0 spiro atoms. The van der Waals surface area contributed by atoms with Gasteiger partial charge in [0.05, 0.1) is 5.52 Å². The molecule has 0 bridgehead atoms. The Hall–Kier alpha value is -3.47. The second-order valence-corrected chi connectivity index (χ2v) is 10.2. The van der Waals surface area contributed by atoms with Crippen LogP contribution in [-0.4, -0.2) is 9.38 Å². The summed E-state index contributed by atoms with van der Waals surface area (Å²) in [6.07, 6.45) is 3.98. The first-order valence-electron chi connectivity index (χ1n) is 10.3. The van der Waals surface area contributed by atoms with E-state index in [-0.39, 0.29) is 0 Å². The van der Waals surface area contributed by atoms with Crippen LogP contribution in [0.2, 0.25) is 0 Å². The predicted octanol–water partition coefficient (Wildman–Crippen LogP) is 8.38. The highest BCUT2D eigenvalue weighted by atomic mass is 32.1. The molecule has 0 radical (unpaired) electrons. The van der Waals surface area contributed by atoms with Gasteiger partial charge >= 0.3 is 0 Å². The summed E-state index contributed by atoms with van der Waals surface area (Å²) in [6, 6.07) is 26.7. The molecule has 0 saturated carbocycles. The van der Waals surface area contributed by atoms with Crippen molar-refractivity contribution in [2.75, 3.05) is 0 Å². The van der Waals surface area contributed by atoms with Gasteiger partial charge in [-0.25, -0.2) is 4.98 Å². The largest absolute Gasteiger partial charge is 0.299 e. The maximum Gasteiger partial charge on any atom is 0.145 e. The van der Waals surface area contributed by atoms with Crippen molar-refractivity contribution in [1.29, 1.82) is 0 Å². The minimum atomic E-state index is 1.02. The number of benzene rings is 4. The lowest BCUT2D eigenvalue weighted by atomic mass is 10.00. The van der Waals surface area contributed by atoms with Crippen LogP contribution in [0.5, 0.6) is 0 Å². The maximum atomic E-state index is 4.66. The molecular formula is C27H14N2S2. The van der Waals surface area contributed by atoms with E-state index < -0.39 is 0 Å². The normalized spacial score (nSPS) is 12.5. The summed E-state index contributed by atoms with van der Waals surface area (Å²) in [5.74, 6) is 0. The van der Waals surface area contributed by atoms with Crippen LogP contribution in [0, 0.1) is 0 Å². The molecule has 0 aliphatic carbocycles. The van der Waals surface area contributed by atoms with Crippen LogP contribution in [-0.2, 0) is 0 Å². The van der Waals surface area contributed by atoms with Gasteiger partial charge in [0, 0.05) is 63.5 Å². The van der Waals surface area contributed by atoms with Crippen LogP contribution in [0.4, 0.5) is 0 Å². The first-order valence-corrected chi connectivity index (χ1v) is 11.9. The number of fused-ring (bicyclic) bond motifs is 14. The second-order valence-electron chi connectivity index (χ2n) is 8.01. The molecule has 144 valence electrons. The van der Waals surface area contributed by atoms with Crippen LogP contribution in [0.1, 0.15) is 0 Å². The molecule has 0 aliphatic heterocycles. The van der Waals surface area contributed by atoms with E-state index in [0.717, 1.165) is 5.65 Å². The molecule has 8 rings (SSSR count). The topological polar surface area (TPSA) is 17.3 Å². The third kappa shape index (κ3) is 1.95. The molecule has 4 aromatic carbocycles. The molecule has 4 heteroatoms. The van der Waals surface area contributed by atoms with Gasteiger partial charge in [-0.1, -0.05) is 48.5 Å². The Balaban J connectivity index is 1.71. The molecule has 0 atom stereocenters. The molecule has 4 aromatic heterocycles. The smallest absolute Gasteiger partial charge is 0.145 e. The van der Waals surface area contributed by atoms with Crippen LogP contribution in [0.15, 0.2) is 85.2 Å². The summed E-state index contributed by atoms with van der Waals surface area (Å²) < 4.78 is 7.70. The van der Waals surface area contributed by atoms with E-state index >= 15 is 0 Å². The molecule has 0 fully saturated rings. The van der Waals surface area contributed by atoms with Crippen molar-refractivity contribution < 1.29 is 0 Å². The van der Waals surface area contributed by atoms with Gasteiger partial charge in [0.1, 0.15) is 5.65 Å². The van der Waals surface area contributed by atoms with Crippen molar-refractivity contribution in [3.05, 3.63) is 85.2 Å². The first-order chi connectivity index (χ1) is 15.4. The van der Waals surface area contributed by atoms with Crippen molar-refractivity contribution in [3.8, 4) is 0 Å². The van der Waals surface area contributed by atoms with Gasteiger partial charge in [-0.05, 0) is 29.7 Å². The molecule has 0 N–H and O–H groups in total. The molecule has 0 unspecified atom stereocenters. The predicted molar refractivity (Wildman–Crippen MR) is 136 cm³/mol. The number of hydrogen-bond acceptors (Lipinski definition) is 3. The van der Waals surface area contributed by atoms with Gasteiger partial charge in [-0.15, -0.1) is 22.7 Å². The number of rotatable bonds is 0. The Morgan fingerprint density at radius 2 is 1.35 bits per heavy atom. The van der Waals surface area contributed by atoms with Gasteiger partial charge in [0.25, 0.3) is 0 Å². The Morgan fingerprint density at radius 3 is 2.29 bits per heavy atom. The van der Waals surface area contributed by atoms with E-state index in [2.05, 4.69) is 88.4 Å². The summed E-state index contributed by atoms with van der Waals surface area (Å²) in [5, 5.41) is 9.29. The van der Waals surface area contributed by atoms with E-state index in [1.807, 2.05) is 28.9 Å². The molecule has 4 heterocycles. The lowest BCUT2D eigenvalue weighted by molar-refractivity contribution is 1.27. The molecular weight excluding hydrogens is 416 g/mol. The Kier molecular flexibility index (Phi) is 2.94. The van der Waals surface area contributed by atoms with Crippen molar-refractivity contribution in [2.45, 2.75) is 0 Å². The van der Waals surface area contributed by atoms with Crippen molar-refractivity contribution in [2.24, 2.45) is 0 Å². The minimum Gasteiger partial charge on any atom is -0.299 e. The van der Waals surface area contributed by atoms with E-state index in [1.165, 1.54) is 62.0 Å². The van der Waals surface area contributed by atoms with Gasteiger partial charge in [-0.2, -0.15) is 0 Å². The zero-order valence-corrected chi connectivity index (χ0v) is 17.9. The summed E-state index contributed by atoms with van der Waals surface area (Å²) in [6.45, 7) is 0. The van der Waals surface area contributed by atoms with Crippen molar-refractivity contribution >= 4 is 90.3 Å². The Morgan fingerprint density at radius 1 is 0.581 bits per heavy atom. The highest BCUT2D eigenvalue weighted by Crippen LogP contribution is 2.47.